The third-order valence-corrected chi connectivity index (χ3v) is 3.84. The van der Waals surface area contributed by atoms with Crippen molar-refractivity contribution in [3.8, 4) is 5.88 Å². The van der Waals surface area contributed by atoms with Crippen LogP contribution in [0.2, 0.25) is 0 Å². The second-order valence-corrected chi connectivity index (χ2v) is 5.70. The van der Waals surface area contributed by atoms with Gasteiger partial charge in [-0.25, -0.2) is 9.97 Å². The molecule has 0 bridgehead atoms. The Bertz CT molecular complexity index is 407. The van der Waals surface area contributed by atoms with E-state index in [0.29, 0.717) is 12.5 Å². The summed E-state index contributed by atoms with van der Waals surface area (Å²) < 4.78 is 5.63. The van der Waals surface area contributed by atoms with Crippen LogP contribution in [-0.2, 0) is 0 Å². The molecule has 0 unspecified atom stereocenters. The minimum atomic E-state index is 0.688. The van der Waals surface area contributed by atoms with Gasteiger partial charge in [-0.05, 0) is 44.7 Å². The fourth-order valence-corrected chi connectivity index (χ4v) is 2.73. The van der Waals surface area contributed by atoms with Crippen LogP contribution in [0.4, 0.5) is 5.82 Å². The Hall–Kier alpha value is -1.36. The Morgan fingerprint density at radius 2 is 2.05 bits per heavy atom. The molecule has 0 aromatic carbocycles. The van der Waals surface area contributed by atoms with E-state index >= 15 is 0 Å². The van der Waals surface area contributed by atoms with Crippen LogP contribution in [0.25, 0.3) is 0 Å². The molecule has 0 saturated carbocycles. The standard InChI is InChI=1S/C16H28N4O/c1-3-9-20(12-14-5-7-17-8-6-14)15-11-16(19-13-18-15)21-10-4-2/h11,13-14,17H,3-10,12H2,1-2H3. The maximum atomic E-state index is 5.63. The van der Waals surface area contributed by atoms with Crippen LogP contribution in [0, 0.1) is 5.92 Å². The summed E-state index contributed by atoms with van der Waals surface area (Å²) >= 11 is 0. The lowest BCUT2D eigenvalue weighted by Crippen LogP contribution is -2.37. The van der Waals surface area contributed by atoms with E-state index in [1.165, 1.54) is 12.8 Å². The number of hydrogen-bond donors (Lipinski definition) is 1. The maximum absolute atomic E-state index is 5.63. The highest BCUT2D eigenvalue weighted by Gasteiger charge is 2.18. The van der Waals surface area contributed by atoms with Gasteiger partial charge in [0.15, 0.2) is 0 Å². The van der Waals surface area contributed by atoms with Crippen LogP contribution >= 0.6 is 0 Å². The van der Waals surface area contributed by atoms with Gasteiger partial charge in [0.25, 0.3) is 0 Å². The number of nitrogens with zero attached hydrogens (tertiary/aromatic N) is 3. The van der Waals surface area contributed by atoms with Gasteiger partial charge in [0.1, 0.15) is 12.1 Å². The number of anilines is 1. The third kappa shape index (κ3) is 5.16. The zero-order valence-corrected chi connectivity index (χ0v) is 13.3. The summed E-state index contributed by atoms with van der Waals surface area (Å²) in [4.78, 5) is 11.0. The number of rotatable bonds is 8. The number of piperidine rings is 1. The first-order chi connectivity index (χ1) is 10.3. The molecule has 0 radical (unpaired) electrons. The Kier molecular flexibility index (Phi) is 6.73. The molecule has 1 aliphatic heterocycles. The molecule has 0 amide bonds. The molecule has 1 aromatic heterocycles. The van der Waals surface area contributed by atoms with Gasteiger partial charge in [0.05, 0.1) is 6.61 Å². The largest absolute Gasteiger partial charge is 0.478 e. The molecule has 0 spiro atoms. The topological polar surface area (TPSA) is 50.3 Å². The number of hydrogen-bond acceptors (Lipinski definition) is 5. The van der Waals surface area contributed by atoms with E-state index < -0.39 is 0 Å². The van der Waals surface area contributed by atoms with Gasteiger partial charge in [-0.1, -0.05) is 13.8 Å². The first-order valence-electron chi connectivity index (χ1n) is 8.24. The quantitative estimate of drug-likeness (QED) is 0.797. The highest BCUT2D eigenvalue weighted by molar-refractivity contribution is 5.40. The fourth-order valence-electron chi connectivity index (χ4n) is 2.73. The average Bonchev–Trinajstić information content (AvgIpc) is 2.54. The molecule has 5 heteroatoms. The highest BCUT2D eigenvalue weighted by Crippen LogP contribution is 2.20. The predicted octanol–water partition coefficient (Wildman–Crippen LogP) is 2.48. The molecular weight excluding hydrogens is 264 g/mol. The van der Waals surface area contributed by atoms with Crippen LogP contribution in [-0.4, -0.2) is 42.8 Å². The molecule has 118 valence electrons. The van der Waals surface area contributed by atoms with E-state index in [9.17, 15) is 0 Å². The normalized spacial score (nSPS) is 15.9. The molecule has 1 saturated heterocycles. The van der Waals surface area contributed by atoms with Gasteiger partial charge in [-0.15, -0.1) is 0 Å². The zero-order chi connectivity index (χ0) is 14.9. The summed E-state index contributed by atoms with van der Waals surface area (Å²) in [5.74, 6) is 2.44. The van der Waals surface area contributed by atoms with Crippen molar-refractivity contribution in [1.82, 2.24) is 15.3 Å². The summed E-state index contributed by atoms with van der Waals surface area (Å²) in [6.07, 6.45) is 6.24. The summed E-state index contributed by atoms with van der Waals surface area (Å²) in [5, 5.41) is 3.43. The molecular formula is C16H28N4O. The van der Waals surface area contributed by atoms with Crippen molar-refractivity contribution < 1.29 is 4.74 Å². The molecule has 5 nitrogen and oxygen atoms in total. The van der Waals surface area contributed by atoms with Crippen LogP contribution in [0.5, 0.6) is 5.88 Å². The van der Waals surface area contributed by atoms with E-state index in [2.05, 4.69) is 34.0 Å². The Labute approximate surface area is 128 Å². The lowest BCUT2D eigenvalue weighted by Gasteiger charge is -2.30. The van der Waals surface area contributed by atoms with Crippen molar-refractivity contribution in [2.45, 2.75) is 39.5 Å². The fraction of sp³-hybridized carbons (Fsp3) is 0.750. The van der Waals surface area contributed by atoms with E-state index in [-0.39, 0.29) is 0 Å². The molecule has 0 atom stereocenters. The van der Waals surface area contributed by atoms with Crippen molar-refractivity contribution in [2.24, 2.45) is 5.92 Å². The lowest BCUT2D eigenvalue weighted by molar-refractivity contribution is 0.304. The molecule has 1 aliphatic rings. The third-order valence-electron chi connectivity index (χ3n) is 3.84. The molecule has 1 aromatic rings. The first kappa shape index (κ1) is 16.0. The van der Waals surface area contributed by atoms with Crippen LogP contribution in [0.3, 0.4) is 0 Å². The first-order valence-corrected chi connectivity index (χ1v) is 8.24. The van der Waals surface area contributed by atoms with Crippen LogP contribution < -0.4 is 15.0 Å². The smallest absolute Gasteiger partial charge is 0.218 e. The molecule has 0 aliphatic carbocycles. The summed E-state index contributed by atoms with van der Waals surface area (Å²) in [6, 6.07) is 1.98. The van der Waals surface area contributed by atoms with Crippen molar-refractivity contribution in [2.75, 3.05) is 37.7 Å². The summed E-state index contributed by atoms with van der Waals surface area (Å²) in [6.45, 7) is 9.42. The van der Waals surface area contributed by atoms with E-state index in [1.54, 1.807) is 6.33 Å². The van der Waals surface area contributed by atoms with Gasteiger partial charge >= 0.3 is 0 Å². The minimum Gasteiger partial charge on any atom is -0.478 e. The Morgan fingerprint density at radius 3 is 2.76 bits per heavy atom. The summed E-state index contributed by atoms with van der Waals surface area (Å²) in [5.41, 5.74) is 0. The zero-order valence-electron chi connectivity index (χ0n) is 13.3. The summed E-state index contributed by atoms with van der Waals surface area (Å²) in [7, 11) is 0. The lowest BCUT2D eigenvalue weighted by atomic mass is 9.97. The van der Waals surface area contributed by atoms with E-state index in [1.807, 2.05) is 6.07 Å². The van der Waals surface area contributed by atoms with Crippen molar-refractivity contribution in [1.29, 1.82) is 0 Å². The van der Waals surface area contributed by atoms with E-state index in [0.717, 1.165) is 50.8 Å². The molecule has 21 heavy (non-hydrogen) atoms. The van der Waals surface area contributed by atoms with Gasteiger partial charge in [-0.2, -0.15) is 0 Å². The van der Waals surface area contributed by atoms with Gasteiger partial charge in [0.2, 0.25) is 5.88 Å². The van der Waals surface area contributed by atoms with Gasteiger partial charge in [-0.3, -0.25) is 0 Å². The van der Waals surface area contributed by atoms with Crippen molar-refractivity contribution in [3.05, 3.63) is 12.4 Å². The second kappa shape index (κ2) is 8.82. The maximum Gasteiger partial charge on any atom is 0.218 e. The molecule has 2 heterocycles. The number of aromatic nitrogens is 2. The molecule has 1 fully saturated rings. The average molecular weight is 292 g/mol. The van der Waals surface area contributed by atoms with Crippen LogP contribution in [0.1, 0.15) is 39.5 Å². The number of nitrogens with one attached hydrogen (secondary N) is 1. The molecule has 2 rings (SSSR count). The van der Waals surface area contributed by atoms with Crippen molar-refractivity contribution >= 4 is 5.82 Å². The highest BCUT2D eigenvalue weighted by atomic mass is 16.5. The minimum absolute atomic E-state index is 0.688. The Morgan fingerprint density at radius 1 is 1.24 bits per heavy atom. The monoisotopic (exact) mass is 292 g/mol. The van der Waals surface area contributed by atoms with E-state index in [4.69, 9.17) is 4.74 Å². The SMILES string of the molecule is CCCOc1cc(N(CCC)CC2CCNCC2)ncn1. The van der Waals surface area contributed by atoms with Gasteiger partial charge in [0, 0.05) is 19.2 Å². The van der Waals surface area contributed by atoms with Crippen LogP contribution in [0.15, 0.2) is 12.4 Å². The number of ether oxygens (including phenoxy) is 1. The molecule has 1 N–H and O–H groups in total. The predicted molar refractivity (Wildman–Crippen MR) is 85.9 cm³/mol. The van der Waals surface area contributed by atoms with Gasteiger partial charge < -0.3 is 15.0 Å². The Balaban J connectivity index is 2.01. The van der Waals surface area contributed by atoms with Crippen molar-refractivity contribution in [3.63, 3.8) is 0 Å². The second-order valence-electron chi connectivity index (χ2n) is 5.70.